The summed E-state index contributed by atoms with van der Waals surface area (Å²) in [7, 11) is 3.67. The van der Waals surface area contributed by atoms with E-state index in [1.807, 2.05) is 18.8 Å². The Morgan fingerprint density at radius 1 is 1.20 bits per heavy atom. The van der Waals surface area contributed by atoms with Gasteiger partial charge in [0.2, 0.25) is 0 Å². The molecule has 7 heteroatoms. The second-order valence-corrected chi connectivity index (χ2v) is 9.88. The van der Waals surface area contributed by atoms with Crippen molar-refractivity contribution in [2.75, 3.05) is 46.9 Å². The van der Waals surface area contributed by atoms with Gasteiger partial charge in [0, 0.05) is 62.6 Å². The lowest BCUT2D eigenvalue weighted by molar-refractivity contribution is 0.155. The van der Waals surface area contributed by atoms with Crippen LogP contribution < -0.4 is 10.6 Å². The van der Waals surface area contributed by atoms with Crippen LogP contribution in [0.5, 0.6) is 0 Å². The number of ether oxygens (including phenoxy) is 1. The molecule has 1 aliphatic carbocycles. The van der Waals surface area contributed by atoms with E-state index in [1.165, 1.54) is 43.4 Å². The first-order valence-corrected chi connectivity index (χ1v) is 12.0. The summed E-state index contributed by atoms with van der Waals surface area (Å²) in [4.78, 5) is 8.44. The van der Waals surface area contributed by atoms with Gasteiger partial charge in [-0.2, -0.15) is 0 Å². The fraction of sp³-hybridized carbons (Fsp3) is 0.696. The van der Waals surface area contributed by atoms with Crippen LogP contribution in [0.1, 0.15) is 44.9 Å². The van der Waals surface area contributed by atoms with Crippen LogP contribution in [0.25, 0.3) is 0 Å². The zero-order valence-electron chi connectivity index (χ0n) is 18.6. The molecule has 1 saturated carbocycles. The molecule has 0 unspecified atom stereocenters. The predicted molar refractivity (Wildman–Crippen MR) is 139 cm³/mol. The van der Waals surface area contributed by atoms with E-state index in [4.69, 9.17) is 4.74 Å². The average molecular weight is 547 g/mol. The van der Waals surface area contributed by atoms with Crippen molar-refractivity contribution >= 4 is 41.7 Å². The SMILES string of the molecule is CN=C(NCC1(Sc2ccccc2)CCCC1)NC1CCN(CCCOC)CC1.I. The molecule has 30 heavy (non-hydrogen) atoms. The Balaban J connectivity index is 0.00000320. The van der Waals surface area contributed by atoms with E-state index in [0.717, 1.165) is 45.2 Å². The van der Waals surface area contributed by atoms with Gasteiger partial charge in [0.15, 0.2) is 5.96 Å². The standard InChI is InChI=1S/C23H38N4OS.HI/c1-24-22(26-20-11-16-27(17-12-20)15-8-18-28-2)25-19-23(13-6-7-14-23)29-21-9-4-3-5-10-21;/h3-5,9-10,20H,6-8,11-19H2,1-2H3,(H2,24,25,26);1H. The third-order valence-electron chi connectivity index (χ3n) is 6.15. The zero-order valence-corrected chi connectivity index (χ0v) is 21.7. The Bertz CT molecular complexity index is 617. The Morgan fingerprint density at radius 2 is 1.90 bits per heavy atom. The molecule has 0 spiro atoms. The molecule has 1 heterocycles. The molecule has 1 aromatic carbocycles. The third-order valence-corrected chi connectivity index (χ3v) is 7.64. The number of hydrogen-bond donors (Lipinski definition) is 2. The van der Waals surface area contributed by atoms with Crippen LogP contribution in [0, 0.1) is 0 Å². The summed E-state index contributed by atoms with van der Waals surface area (Å²) in [5.41, 5.74) is 0. The number of likely N-dealkylation sites (tertiary alicyclic amines) is 1. The van der Waals surface area contributed by atoms with Crippen LogP contribution in [0.3, 0.4) is 0 Å². The Labute approximate surface area is 204 Å². The molecule has 1 saturated heterocycles. The lowest BCUT2D eigenvalue weighted by Crippen LogP contribution is -2.51. The molecule has 0 radical (unpaired) electrons. The molecule has 0 bridgehead atoms. The number of aliphatic imine (C=N–C) groups is 1. The van der Waals surface area contributed by atoms with Gasteiger partial charge < -0.3 is 20.3 Å². The predicted octanol–water partition coefficient (Wildman–Crippen LogP) is 4.38. The van der Waals surface area contributed by atoms with E-state index >= 15 is 0 Å². The molecular weight excluding hydrogens is 507 g/mol. The Kier molecular flexibility index (Phi) is 11.8. The first-order valence-electron chi connectivity index (χ1n) is 11.2. The lowest BCUT2D eigenvalue weighted by atomic mass is 10.0. The summed E-state index contributed by atoms with van der Waals surface area (Å²) < 4.78 is 5.45. The fourth-order valence-corrected chi connectivity index (χ4v) is 5.87. The van der Waals surface area contributed by atoms with Crippen molar-refractivity contribution in [2.45, 2.75) is 60.6 Å². The minimum Gasteiger partial charge on any atom is -0.385 e. The van der Waals surface area contributed by atoms with Crippen molar-refractivity contribution in [3.63, 3.8) is 0 Å². The van der Waals surface area contributed by atoms with Crippen molar-refractivity contribution in [3.8, 4) is 0 Å². The number of nitrogens with one attached hydrogen (secondary N) is 2. The number of piperidine rings is 1. The quantitative estimate of drug-likeness (QED) is 0.209. The summed E-state index contributed by atoms with van der Waals surface area (Å²) in [6.07, 6.45) is 8.69. The highest BCUT2D eigenvalue weighted by atomic mass is 127. The number of hydrogen-bond acceptors (Lipinski definition) is 4. The third kappa shape index (κ3) is 8.20. The van der Waals surface area contributed by atoms with E-state index in [2.05, 4.69) is 50.9 Å². The molecule has 1 aromatic rings. The summed E-state index contributed by atoms with van der Waals surface area (Å²) in [5, 5.41) is 7.34. The molecule has 2 aliphatic rings. The highest BCUT2D eigenvalue weighted by Crippen LogP contribution is 2.44. The molecular formula is C23H39IN4OS. The summed E-state index contributed by atoms with van der Waals surface area (Å²) in [6.45, 7) is 5.30. The average Bonchev–Trinajstić information content (AvgIpc) is 3.21. The topological polar surface area (TPSA) is 48.9 Å². The van der Waals surface area contributed by atoms with Crippen molar-refractivity contribution in [3.05, 3.63) is 30.3 Å². The molecule has 0 amide bonds. The van der Waals surface area contributed by atoms with Gasteiger partial charge >= 0.3 is 0 Å². The number of methoxy groups -OCH3 is 1. The first-order chi connectivity index (χ1) is 14.2. The van der Waals surface area contributed by atoms with Gasteiger partial charge in [-0.05, 0) is 44.2 Å². The fourth-order valence-electron chi connectivity index (χ4n) is 4.44. The molecule has 2 fully saturated rings. The van der Waals surface area contributed by atoms with E-state index in [9.17, 15) is 0 Å². The maximum absolute atomic E-state index is 5.17. The van der Waals surface area contributed by atoms with E-state index < -0.39 is 0 Å². The Morgan fingerprint density at radius 3 is 2.53 bits per heavy atom. The number of guanidine groups is 1. The maximum atomic E-state index is 5.17. The van der Waals surface area contributed by atoms with Crippen molar-refractivity contribution in [2.24, 2.45) is 4.99 Å². The smallest absolute Gasteiger partial charge is 0.191 e. The zero-order chi connectivity index (χ0) is 20.4. The molecule has 1 aliphatic heterocycles. The van der Waals surface area contributed by atoms with E-state index in [1.54, 1.807) is 7.11 Å². The molecule has 170 valence electrons. The van der Waals surface area contributed by atoms with Crippen molar-refractivity contribution in [1.29, 1.82) is 0 Å². The van der Waals surface area contributed by atoms with E-state index in [0.29, 0.717) is 6.04 Å². The minimum absolute atomic E-state index is 0. The number of nitrogens with zero attached hydrogens (tertiary/aromatic N) is 2. The number of thioether (sulfide) groups is 1. The molecule has 0 aromatic heterocycles. The van der Waals surface area contributed by atoms with Crippen molar-refractivity contribution < 1.29 is 4.74 Å². The second kappa shape index (κ2) is 13.8. The summed E-state index contributed by atoms with van der Waals surface area (Å²) in [5.74, 6) is 0.961. The van der Waals surface area contributed by atoms with Gasteiger partial charge in [-0.25, -0.2) is 0 Å². The van der Waals surface area contributed by atoms with Crippen molar-refractivity contribution in [1.82, 2.24) is 15.5 Å². The Hall–Kier alpha value is -0.510. The van der Waals surface area contributed by atoms with Crippen LogP contribution in [0.2, 0.25) is 0 Å². The van der Waals surface area contributed by atoms with Gasteiger partial charge in [0.05, 0.1) is 0 Å². The van der Waals surface area contributed by atoms with Gasteiger partial charge in [-0.1, -0.05) is 31.0 Å². The van der Waals surface area contributed by atoms with Crippen LogP contribution in [-0.2, 0) is 4.74 Å². The monoisotopic (exact) mass is 546 g/mol. The van der Waals surface area contributed by atoms with Gasteiger partial charge in [0.25, 0.3) is 0 Å². The van der Waals surface area contributed by atoms with Crippen LogP contribution in [0.4, 0.5) is 0 Å². The molecule has 5 nitrogen and oxygen atoms in total. The van der Waals surface area contributed by atoms with Gasteiger partial charge in [-0.3, -0.25) is 4.99 Å². The number of rotatable bonds is 9. The highest BCUT2D eigenvalue weighted by Gasteiger charge is 2.35. The largest absolute Gasteiger partial charge is 0.385 e. The molecule has 3 rings (SSSR count). The lowest BCUT2D eigenvalue weighted by Gasteiger charge is -2.34. The number of benzene rings is 1. The normalized spacial score (nSPS) is 20.0. The van der Waals surface area contributed by atoms with Crippen LogP contribution in [0.15, 0.2) is 40.2 Å². The van der Waals surface area contributed by atoms with Crippen LogP contribution in [-0.4, -0.2) is 68.6 Å². The summed E-state index contributed by atoms with van der Waals surface area (Å²) >= 11 is 2.04. The van der Waals surface area contributed by atoms with Gasteiger partial charge in [-0.15, -0.1) is 35.7 Å². The molecule has 0 atom stereocenters. The van der Waals surface area contributed by atoms with Crippen LogP contribution >= 0.6 is 35.7 Å². The maximum Gasteiger partial charge on any atom is 0.191 e. The number of halogens is 1. The second-order valence-electron chi connectivity index (χ2n) is 8.34. The van der Waals surface area contributed by atoms with Gasteiger partial charge in [0.1, 0.15) is 0 Å². The summed E-state index contributed by atoms with van der Waals surface area (Å²) in [6, 6.07) is 11.4. The first kappa shape index (κ1) is 25.7. The van der Waals surface area contributed by atoms with E-state index in [-0.39, 0.29) is 28.7 Å². The minimum atomic E-state index is 0. The molecule has 2 N–H and O–H groups in total. The highest BCUT2D eigenvalue weighted by molar-refractivity contribution is 14.0.